The number of hydrogen-bond acceptors (Lipinski definition) is 5. The van der Waals surface area contributed by atoms with Crippen LogP contribution in [0.3, 0.4) is 0 Å². The van der Waals surface area contributed by atoms with Crippen molar-refractivity contribution in [2.45, 2.75) is 57.5 Å². The molecule has 1 heterocycles. The van der Waals surface area contributed by atoms with Crippen molar-refractivity contribution in [1.82, 2.24) is 13.3 Å². The SMILES string of the molecule is CCC(C)(C)Cc1cn(S(=O)(=O)N(C)C)c(C(C)(O)Cc2ccc(-c3ccccc3S(C)=O)cc2)n1. The molecule has 1 N–H and O–H groups in total. The molecule has 0 aliphatic heterocycles. The topological polar surface area (TPSA) is 92.5 Å². The van der Waals surface area contributed by atoms with Crippen LogP contribution in [-0.4, -0.2) is 51.3 Å². The molecule has 0 aliphatic rings. The van der Waals surface area contributed by atoms with Gasteiger partial charge in [-0.25, -0.2) is 8.96 Å². The number of benzene rings is 2. The Morgan fingerprint density at radius 2 is 1.64 bits per heavy atom. The van der Waals surface area contributed by atoms with E-state index in [2.05, 4.69) is 25.8 Å². The van der Waals surface area contributed by atoms with E-state index in [4.69, 9.17) is 0 Å². The zero-order valence-corrected chi connectivity index (χ0v) is 23.8. The van der Waals surface area contributed by atoms with Crippen molar-refractivity contribution in [2.24, 2.45) is 5.41 Å². The van der Waals surface area contributed by atoms with Crippen LogP contribution in [0.15, 0.2) is 59.6 Å². The first-order valence-electron chi connectivity index (χ1n) is 11.9. The fourth-order valence-electron chi connectivity index (χ4n) is 4.06. The first-order valence-corrected chi connectivity index (χ1v) is 14.9. The Kier molecular flexibility index (Phi) is 8.30. The van der Waals surface area contributed by atoms with Crippen molar-refractivity contribution in [2.75, 3.05) is 20.4 Å². The van der Waals surface area contributed by atoms with Gasteiger partial charge in [0.05, 0.1) is 16.5 Å². The molecular weight excluding hydrogens is 494 g/mol. The van der Waals surface area contributed by atoms with Crippen LogP contribution in [0, 0.1) is 5.41 Å². The fourth-order valence-corrected chi connectivity index (χ4v) is 5.88. The molecular formula is C27H37N3O4S2. The molecule has 0 aliphatic carbocycles. The summed E-state index contributed by atoms with van der Waals surface area (Å²) in [5, 5.41) is 11.5. The van der Waals surface area contributed by atoms with Crippen LogP contribution >= 0.6 is 0 Å². The minimum absolute atomic E-state index is 0.0571. The quantitative estimate of drug-likeness (QED) is 0.419. The van der Waals surface area contributed by atoms with Gasteiger partial charge in [0.1, 0.15) is 5.60 Å². The minimum atomic E-state index is -3.88. The minimum Gasteiger partial charge on any atom is -0.382 e. The zero-order chi connectivity index (χ0) is 26.9. The van der Waals surface area contributed by atoms with Gasteiger partial charge in [-0.3, -0.25) is 4.21 Å². The average molecular weight is 532 g/mol. The molecule has 7 nitrogen and oxygen atoms in total. The molecule has 0 amide bonds. The molecule has 0 spiro atoms. The monoisotopic (exact) mass is 531 g/mol. The summed E-state index contributed by atoms with van der Waals surface area (Å²) in [6.45, 7) is 7.90. The Morgan fingerprint density at radius 3 is 2.19 bits per heavy atom. The predicted octanol–water partition coefficient (Wildman–Crippen LogP) is 4.37. The van der Waals surface area contributed by atoms with Gasteiger partial charge in [0.15, 0.2) is 5.82 Å². The van der Waals surface area contributed by atoms with E-state index in [1.54, 1.807) is 13.2 Å². The van der Waals surface area contributed by atoms with E-state index in [1.165, 1.54) is 20.3 Å². The Hall–Kier alpha value is -2.33. The summed E-state index contributed by atoms with van der Waals surface area (Å²) in [6, 6.07) is 15.2. The first kappa shape index (κ1) is 28.2. The van der Waals surface area contributed by atoms with Crippen LogP contribution in [0.2, 0.25) is 0 Å². The molecule has 0 saturated heterocycles. The van der Waals surface area contributed by atoms with Crippen molar-refractivity contribution in [3.63, 3.8) is 0 Å². The summed E-state index contributed by atoms with van der Waals surface area (Å²) in [5.74, 6) is 0.0916. The molecule has 3 rings (SSSR count). The van der Waals surface area contributed by atoms with Crippen LogP contribution < -0.4 is 0 Å². The molecule has 36 heavy (non-hydrogen) atoms. The molecule has 1 aromatic heterocycles. The molecule has 0 radical (unpaired) electrons. The van der Waals surface area contributed by atoms with Gasteiger partial charge in [-0.2, -0.15) is 12.7 Å². The third-order valence-corrected chi connectivity index (χ3v) is 9.22. The van der Waals surface area contributed by atoms with Gasteiger partial charge in [0, 0.05) is 37.9 Å². The summed E-state index contributed by atoms with van der Waals surface area (Å²) in [4.78, 5) is 5.39. The molecule has 2 unspecified atom stereocenters. The maximum absolute atomic E-state index is 13.1. The Morgan fingerprint density at radius 1 is 1.03 bits per heavy atom. The van der Waals surface area contributed by atoms with Crippen molar-refractivity contribution >= 4 is 21.0 Å². The standard InChI is InChI=1S/C27H37N3O4S2/c1-8-26(2,3)18-22-19-30(36(33,34)29(5)6)25(28-22)27(4,31)17-20-13-15-21(16-14-20)23-11-9-10-12-24(23)35(7)32/h9-16,19,31H,8,17-18H2,1-7H3. The molecule has 3 aromatic rings. The van der Waals surface area contributed by atoms with Gasteiger partial charge < -0.3 is 5.11 Å². The van der Waals surface area contributed by atoms with Crippen molar-refractivity contribution in [1.29, 1.82) is 0 Å². The van der Waals surface area contributed by atoms with Crippen LogP contribution in [-0.2, 0) is 39.5 Å². The van der Waals surface area contributed by atoms with Crippen molar-refractivity contribution in [3.05, 3.63) is 71.8 Å². The van der Waals surface area contributed by atoms with Crippen molar-refractivity contribution in [3.8, 4) is 11.1 Å². The highest BCUT2D eigenvalue weighted by Crippen LogP contribution is 2.32. The predicted molar refractivity (Wildman–Crippen MR) is 145 cm³/mol. The number of aliphatic hydroxyl groups is 1. The summed E-state index contributed by atoms with van der Waals surface area (Å²) in [5.41, 5.74) is 1.67. The van der Waals surface area contributed by atoms with Crippen LogP contribution in [0.4, 0.5) is 0 Å². The van der Waals surface area contributed by atoms with Crippen molar-refractivity contribution < 1.29 is 17.7 Å². The summed E-state index contributed by atoms with van der Waals surface area (Å²) in [7, 11) is -2.08. The molecule has 0 saturated carbocycles. The Balaban J connectivity index is 1.98. The highest BCUT2D eigenvalue weighted by atomic mass is 32.2. The number of imidazole rings is 1. The lowest BCUT2D eigenvalue weighted by Gasteiger charge is -2.25. The maximum atomic E-state index is 13.1. The molecule has 0 bridgehead atoms. The average Bonchev–Trinajstić information content (AvgIpc) is 3.24. The van der Waals surface area contributed by atoms with E-state index in [9.17, 15) is 17.7 Å². The zero-order valence-electron chi connectivity index (χ0n) is 22.1. The lowest BCUT2D eigenvalue weighted by atomic mass is 9.85. The first-order chi connectivity index (χ1) is 16.7. The fraction of sp³-hybridized carbons (Fsp3) is 0.444. The molecule has 2 aromatic carbocycles. The van der Waals surface area contributed by atoms with Gasteiger partial charge in [-0.05, 0) is 41.5 Å². The van der Waals surface area contributed by atoms with Crippen LogP contribution in [0.25, 0.3) is 11.1 Å². The van der Waals surface area contributed by atoms with Gasteiger partial charge in [-0.15, -0.1) is 0 Å². The van der Waals surface area contributed by atoms with E-state index in [0.717, 1.165) is 36.3 Å². The van der Waals surface area contributed by atoms with Crippen LogP contribution in [0.5, 0.6) is 0 Å². The molecule has 2 atom stereocenters. The highest BCUT2D eigenvalue weighted by molar-refractivity contribution is 7.87. The second-order valence-electron chi connectivity index (χ2n) is 10.4. The maximum Gasteiger partial charge on any atom is 0.308 e. The van der Waals surface area contributed by atoms with E-state index in [-0.39, 0.29) is 17.7 Å². The van der Waals surface area contributed by atoms with E-state index in [1.807, 2.05) is 48.5 Å². The van der Waals surface area contributed by atoms with Gasteiger partial charge >= 0.3 is 10.2 Å². The largest absolute Gasteiger partial charge is 0.382 e. The third-order valence-electron chi connectivity index (χ3n) is 6.54. The number of rotatable bonds is 10. The lowest BCUT2D eigenvalue weighted by Crippen LogP contribution is -2.35. The third kappa shape index (κ3) is 6.14. The Bertz CT molecular complexity index is 1340. The molecule has 9 heteroatoms. The second kappa shape index (κ2) is 10.6. The smallest absolute Gasteiger partial charge is 0.308 e. The van der Waals surface area contributed by atoms with E-state index in [0.29, 0.717) is 12.1 Å². The normalized spacial score (nSPS) is 15.1. The highest BCUT2D eigenvalue weighted by Gasteiger charge is 2.35. The summed E-state index contributed by atoms with van der Waals surface area (Å²) < 4.78 is 40.6. The summed E-state index contributed by atoms with van der Waals surface area (Å²) >= 11 is 0. The molecule has 196 valence electrons. The number of nitrogens with zero attached hydrogens (tertiary/aromatic N) is 3. The van der Waals surface area contributed by atoms with Gasteiger partial charge in [-0.1, -0.05) is 69.7 Å². The summed E-state index contributed by atoms with van der Waals surface area (Å²) in [6.07, 6.45) is 4.86. The molecule has 0 fully saturated rings. The number of aromatic nitrogens is 2. The van der Waals surface area contributed by atoms with E-state index < -0.39 is 26.6 Å². The van der Waals surface area contributed by atoms with E-state index >= 15 is 0 Å². The van der Waals surface area contributed by atoms with Gasteiger partial charge in [0.2, 0.25) is 0 Å². The van der Waals surface area contributed by atoms with Crippen LogP contribution in [0.1, 0.15) is 51.2 Å². The van der Waals surface area contributed by atoms with Gasteiger partial charge in [0.25, 0.3) is 0 Å². The Labute approximate surface area is 217 Å². The second-order valence-corrected chi connectivity index (χ2v) is 13.8. The number of hydrogen-bond donors (Lipinski definition) is 1. The lowest BCUT2D eigenvalue weighted by molar-refractivity contribution is 0.0473.